The molecule has 3 atom stereocenters. The molecule has 0 aromatic rings. The number of carbonyl (C=O) groups is 1. The van der Waals surface area contributed by atoms with Crippen LogP contribution in [0, 0.1) is 0 Å². The summed E-state index contributed by atoms with van der Waals surface area (Å²) in [7, 11) is 1.57. The molecule has 65 heavy (non-hydrogen) atoms. The lowest BCUT2D eigenvalue weighted by molar-refractivity contribution is -0.870. The third kappa shape index (κ3) is 49.7. The number of nitrogens with zero attached hydrogens (tertiary/aromatic N) is 1. The molecule has 0 saturated carbocycles. The quantitative estimate of drug-likeness (QED) is 0.0243. The number of allylic oxidation sites excluding steroid dienone is 11. The van der Waals surface area contributed by atoms with E-state index in [0.29, 0.717) is 17.4 Å². The number of aliphatic hydroxyl groups is 1. The van der Waals surface area contributed by atoms with E-state index in [4.69, 9.17) is 9.05 Å². The van der Waals surface area contributed by atoms with Crippen LogP contribution >= 0.6 is 7.82 Å². The summed E-state index contributed by atoms with van der Waals surface area (Å²) >= 11 is 0. The number of amides is 1. The summed E-state index contributed by atoms with van der Waals surface area (Å²) < 4.78 is 23.6. The molecule has 0 aliphatic rings. The van der Waals surface area contributed by atoms with Crippen LogP contribution in [0.5, 0.6) is 0 Å². The molecule has 3 unspecified atom stereocenters. The molecular formula is C56H104N2O6P+. The second kappa shape index (κ2) is 47.0. The predicted octanol–water partition coefficient (Wildman–Crippen LogP) is 15.9. The minimum absolute atomic E-state index is 0.0602. The number of hydrogen-bond acceptors (Lipinski definition) is 5. The van der Waals surface area contributed by atoms with Crippen molar-refractivity contribution in [3.63, 3.8) is 0 Å². The summed E-state index contributed by atoms with van der Waals surface area (Å²) in [6.45, 7) is 4.68. The average molecular weight is 932 g/mol. The van der Waals surface area contributed by atoms with Gasteiger partial charge in [-0.3, -0.25) is 13.8 Å². The molecule has 0 heterocycles. The minimum Gasteiger partial charge on any atom is -0.387 e. The molecule has 0 radical (unpaired) electrons. The Morgan fingerprint density at radius 2 is 0.923 bits per heavy atom. The number of hydrogen-bond donors (Lipinski definition) is 3. The number of nitrogens with one attached hydrogen (secondary N) is 1. The molecule has 378 valence electrons. The Bertz CT molecular complexity index is 1290. The molecule has 8 nitrogen and oxygen atoms in total. The van der Waals surface area contributed by atoms with Crippen molar-refractivity contribution in [2.24, 2.45) is 0 Å². The molecule has 0 fully saturated rings. The largest absolute Gasteiger partial charge is 0.472 e. The van der Waals surface area contributed by atoms with Crippen LogP contribution in [0.1, 0.15) is 226 Å². The Kier molecular flexibility index (Phi) is 45.5. The summed E-state index contributed by atoms with van der Waals surface area (Å²) in [6.07, 6.45) is 64.4. The van der Waals surface area contributed by atoms with Gasteiger partial charge in [-0.15, -0.1) is 0 Å². The first-order valence-corrected chi connectivity index (χ1v) is 28.3. The lowest BCUT2D eigenvalue weighted by Crippen LogP contribution is -2.45. The maximum absolute atomic E-state index is 12.9. The molecule has 1 amide bonds. The van der Waals surface area contributed by atoms with Crippen LogP contribution in [0.15, 0.2) is 72.9 Å². The molecule has 3 N–H and O–H groups in total. The Morgan fingerprint density at radius 1 is 0.538 bits per heavy atom. The summed E-state index contributed by atoms with van der Waals surface area (Å²) in [5.74, 6) is -0.180. The first-order chi connectivity index (χ1) is 31.5. The van der Waals surface area contributed by atoms with Gasteiger partial charge in [0.05, 0.1) is 39.9 Å². The Labute approximate surface area is 402 Å². The van der Waals surface area contributed by atoms with Gasteiger partial charge in [0, 0.05) is 6.42 Å². The van der Waals surface area contributed by atoms with Crippen molar-refractivity contribution >= 4 is 13.7 Å². The van der Waals surface area contributed by atoms with Crippen molar-refractivity contribution in [3.05, 3.63) is 72.9 Å². The van der Waals surface area contributed by atoms with E-state index in [0.717, 1.165) is 70.6 Å². The van der Waals surface area contributed by atoms with Crippen LogP contribution in [-0.4, -0.2) is 73.4 Å². The molecule has 0 rings (SSSR count). The fourth-order valence-electron chi connectivity index (χ4n) is 7.48. The molecule has 9 heteroatoms. The Morgan fingerprint density at radius 3 is 1.35 bits per heavy atom. The van der Waals surface area contributed by atoms with E-state index in [-0.39, 0.29) is 19.1 Å². The van der Waals surface area contributed by atoms with Gasteiger partial charge in [0.15, 0.2) is 0 Å². The molecule has 0 aromatic carbocycles. The van der Waals surface area contributed by atoms with Gasteiger partial charge in [0.25, 0.3) is 0 Å². The van der Waals surface area contributed by atoms with Crippen LogP contribution in [0.3, 0.4) is 0 Å². The highest BCUT2D eigenvalue weighted by atomic mass is 31.2. The van der Waals surface area contributed by atoms with Gasteiger partial charge in [-0.25, -0.2) is 4.57 Å². The van der Waals surface area contributed by atoms with Crippen LogP contribution in [0.25, 0.3) is 0 Å². The van der Waals surface area contributed by atoms with E-state index in [1.165, 1.54) is 135 Å². The summed E-state index contributed by atoms with van der Waals surface area (Å²) in [4.78, 5) is 23.2. The Balaban J connectivity index is 4.00. The third-order valence-corrected chi connectivity index (χ3v) is 12.7. The smallest absolute Gasteiger partial charge is 0.387 e. The van der Waals surface area contributed by atoms with E-state index < -0.39 is 20.0 Å². The normalized spacial score (nSPS) is 14.6. The SMILES string of the molecule is CC/C=C\C/C=C\C/C=C\C/C=C\C/C=C\CCCCCCCCCCCCCCCCCCCC(=O)NC(COP(=O)(O)OCC[N+](C)(C)C)C(O)/C=C/CCCCCCCCCC. The van der Waals surface area contributed by atoms with Gasteiger partial charge < -0.3 is 19.8 Å². The molecule has 0 saturated heterocycles. The number of aliphatic hydroxyl groups excluding tert-OH is 1. The second-order valence-electron chi connectivity index (χ2n) is 19.2. The van der Waals surface area contributed by atoms with Gasteiger partial charge in [-0.1, -0.05) is 228 Å². The first kappa shape index (κ1) is 62.9. The van der Waals surface area contributed by atoms with Gasteiger partial charge in [0.1, 0.15) is 13.2 Å². The monoisotopic (exact) mass is 932 g/mol. The minimum atomic E-state index is -4.34. The number of rotatable bonds is 48. The molecular weight excluding hydrogens is 828 g/mol. The number of unbranched alkanes of at least 4 members (excludes halogenated alkanes) is 25. The molecule has 0 bridgehead atoms. The second-order valence-corrected chi connectivity index (χ2v) is 20.7. The number of phosphoric acid groups is 1. The highest BCUT2D eigenvalue weighted by Crippen LogP contribution is 2.43. The summed E-state index contributed by atoms with van der Waals surface area (Å²) in [5.41, 5.74) is 0. The van der Waals surface area contributed by atoms with Crippen LogP contribution in [0.2, 0.25) is 0 Å². The van der Waals surface area contributed by atoms with Gasteiger partial charge in [-0.2, -0.15) is 0 Å². The van der Waals surface area contributed by atoms with E-state index in [1.807, 2.05) is 27.2 Å². The number of carbonyl (C=O) groups excluding carboxylic acids is 1. The number of quaternary nitrogens is 1. The Hall–Kier alpha value is -2.06. The summed E-state index contributed by atoms with van der Waals surface area (Å²) in [5, 5.41) is 13.8. The van der Waals surface area contributed by atoms with Gasteiger partial charge in [0.2, 0.25) is 5.91 Å². The highest BCUT2D eigenvalue weighted by molar-refractivity contribution is 7.47. The van der Waals surface area contributed by atoms with E-state index in [9.17, 15) is 19.4 Å². The molecule has 0 aliphatic carbocycles. The number of likely N-dealkylation sites (N-methyl/N-ethyl adjacent to an activating group) is 1. The van der Waals surface area contributed by atoms with Crippen molar-refractivity contribution in [3.8, 4) is 0 Å². The van der Waals surface area contributed by atoms with Gasteiger partial charge in [-0.05, 0) is 64.2 Å². The van der Waals surface area contributed by atoms with Crippen molar-refractivity contribution in [1.29, 1.82) is 0 Å². The average Bonchev–Trinajstić information content (AvgIpc) is 3.26. The maximum Gasteiger partial charge on any atom is 0.472 e. The third-order valence-electron chi connectivity index (χ3n) is 11.7. The zero-order chi connectivity index (χ0) is 47.8. The van der Waals surface area contributed by atoms with Crippen LogP contribution < -0.4 is 5.32 Å². The van der Waals surface area contributed by atoms with Crippen molar-refractivity contribution < 1.29 is 32.9 Å². The van der Waals surface area contributed by atoms with E-state index >= 15 is 0 Å². The fraction of sp³-hybridized carbons (Fsp3) is 0.768. The lowest BCUT2D eigenvalue weighted by atomic mass is 10.0. The molecule has 0 aliphatic heterocycles. The fourth-order valence-corrected chi connectivity index (χ4v) is 8.22. The molecule has 0 spiro atoms. The molecule has 0 aromatic heterocycles. The zero-order valence-corrected chi connectivity index (χ0v) is 43.9. The standard InChI is InChI=1S/C56H103N2O6P/c1-6-8-10-12-14-16-18-19-20-21-22-23-24-25-26-27-28-29-30-31-32-33-34-35-36-37-38-39-40-42-44-46-48-50-56(60)57-54(53-64-65(61,62)63-52-51-58(3,4)5)55(59)49-47-45-43-41-17-15-13-11-9-7-2/h8,10,14,16,19-20,22-23,25-26,47,49,54-55,59H,6-7,9,11-13,15,17-18,21,24,27-46,48,50-53H2,1-5H3,(H-,57,60,61,62)/p+1/b10-8-,16-14-,20-19-,23-22-,26-25-,49-47+. The van der Waals surface area contributed by atoms with Crippen molar-refractivity contribution in [2.45, 2.75) is 238 Å². The predicted molar refractivity (Wildman–Crippen MR) is 281 cm³/mol. The highest BCUT2D eigenvalue weighted by Gasteiger charge is 2.27. The van der Waals surface area contributed by atoms with E-state index in [1.54, 1.807) is 6.08 Å². The van der Waals surface area contributed by atoms with Crippen LogP contribution in [-0.2, 0) is 18.4 Å². The first-order valence-electron chi connectivity index (χ1n) is 26.8. The summed E-state index contributed by atoms with van der Waals surface area (Å²) in [6, 6.07) is -0.846. The maximum atomic E-state index is 12.9. The zero-order valence-electron chi connectivity index (χ0n) is 43.0. The topological polar surface area (TPSA) is 105 Å². The van der Waals surface area contributed by atoms with Crippen molar-refractivity contribution in [1.82, 2.24) is 5.32 Å². The van der Waals surface area contributed by atoms with Gasteiger partial charge >= 0.3 is 7.82 Å². The van der Waals surface area contributed by atoms with Crippen LogP contribution in [0.4, 0.5) is 0 Å². The lowest BCUT2D eigenvalue weighted by Gasteiger charge is -2.25. The van der Waals surface area contributed by atoms with E-state index in [2.05, 4.69) is 79.9 Å². The van der Waals surface area contributed by atoms with Crippen molar-refractivity contribution in [2.75, 3.05) is 40.9 Å². The number of phosphoric ester groups is 1.